The number of hydrogen-bond acceptors (Lipinski definition) is 2. The van der Waals surface area contributed by atoms with Gasteiger partial charge in [0, 0.05) is 0 Å². The van der Waals surface area contributed by atoms with E-state index < -0.39 is 0 Å². The number of unbranched alkanes of at least 4 members (excludes halogenated alkanes) is 4. The summed E-state index contributed by atoms with van der Waals surface area (Å²) in [6.07, 6.45) is 7.50. The van der Waals surface area contributed by atoms with Gasteiger partial charge in [-0.25, -0.2) is 0 Å². The highest BCUT2D eigenvalue weighted by atomic mass is 16.3. The highest BCUT2D eigenvalue weighted by molar-refractivity contribution is 4.51. The van der Waals surface area contributed by atoms with Crippen molar-refractivity contribution in [3.05, 3.63) is 0 Å². The van der Waals surface area contributed by atoms with Crippen molar-refractivity contribution in [2.45, 2.75) is 71.0 Å². The van der Waals surface area contributed by atoms with Crippen molar-refractivity contribution in [2.24, 2.45) is 0 Å². The van der Waals surface area contributed by atoms with Crippen LogP contribution in [0.1, 0.15) is 58.8 Å². The Labute approximate surface area is 82.0 Å². The largest absolute Gasteiger partial charge is 0.393 e. The van der Waals surface area contributed by atoms with Crippen LogP contribution in [-0.2, 0) is 0 Å². The molecule has 0 saturated heterocycles. The summed E-state index contributed by atoms with van der Waals surface area (Å²) in [5, 5.41) is 18.0. The van der Waals surface area contributed by atoms with Crippen molar-refractivity contribution < 1.29 is 10.2 Å². The zero-order valence-corrected chi connectivity index (χ0v) is 9.00. The maximum Gasteiger partial charge on any atom is 0.0512 e. The average molecular weight is 188 g/mol. The van der Waals surface area contributed by atoms with Crippen molar-refractivity contribution in [2.75, 3.05) is 0 Å². The average Bonchev–Trinajstić information content (AvgIpc) is 2.01. The molecule has 0 aromatic rings. The second-order valence-electron chi connectivity index (χ2n) is 4.04. The first-order chi connectivity index (χ1) is 6.13. The van der Waals surface area contributed by atoms with Gasteiger partial charge in [-0.05, 0) is 26.7 Å². The first-order valence-corrected chi connectivity index (χ1v) is 5.49. The Bertz CT molecular complexity index is 88.3. The molecule has 80 valence electrons. The van der Waals surface area contributed by atoms with Gasteiger partial charge in [0.05, 0.1) is 12.2 Å². The summed E-state index contributed by atoms with van der Waals surface area (Å²) in [6, 6.07) is 0. The van der Waals surface area contributed by atoms with E-state index in [1.807, 2.05) is 13.8 Å². The Balaban J connectivity index is 2.92. The molecule has 0 aliphatic carbocycles. The third-order valence-electron chi connectivity index (χ3n) is 2.24. The van der Waals surface area contributed by atoms with Gasteiger partial charge in [0.1, 0.15) is 0 Å². The van der Waals surface area contributed by atoms with Crippen LogP contribution < -0.4 is 0 Å². The van der Waals surface area contributed by atoms with Crippen molar-refractivity contribution in [1.29, 1.82) is 0 Å². The smallest absolute Gasteiger partial charge is 0.0512 e. The lowest BCUT2D eigenvalue weighted by molar-refractivity contribution is 0.177. The molecule has 0 radical (unpaired) electrons. The summed E-state index contributed by atoms with van der Waals surface area (Å²) in [6.45, 7) is 3.68. The van der Waals surface area contributed by atoms with E-state index in [-0.39, 0.29) is 12.2 Å². The van der Waals surface area contributed by atoms with E-state index in [4.69, 9.17) is 10.2 Å². The van der Waals surface area contributed by atoms with Gasteiger partial charge in [-0.3, -0.25) is 0 Å². The highest BCUT2D eigenvalue weighted by Gasteiger charge is 1.97. The zero-order chi connectivity index (χ0) is 10.1. The molecule has 0 rings (SSSR count). The second kappa shape index (κ2) is 8.52. The van der Waals surface area contributed by atoms with Crippen LogP contribution in [0.25, 0.3) is 0 Å². The predicted octanol–water partition coefficient (Wildman–Crippen LogP) is 2.48. The first kappa shape index (κ1) is 12.9. The summed E-state index contributed by atoms with van der Waals surface area (Å²) in [7, 11) is 0. The molecule has 0 aliphatic rings. The van der Waals surface area contributed by atoms with E-state index in [0.717, 1.165) is 25.7 Å². The Morgan fingerprint density at radius 1 is 0.692 bits per heavy atom. The quantitative estimate of drug-likeness (QED) is 0.574. The molecule has 0 spiro atoms. The molecule has 0 saturated carbocycles. The fourth-order valence-corrected chi connectivity index (χ4v) is 1.41. The Kier molecular flexibility index (Phi) is 8.46. The fourth-order valence-electron chi connectivity index (χ4n) is 1.41. The van der Waals surface area contributed by atoms with Crippen LogP contribution in [0.2, 0.25) is 0 Å². The maximum atomic E-state index is 8.99. The molecule has 2 heteroatoms. The number of aliphatic hydroxyl groups excluding tert-OH is 2. The van der Waals surface area contributed by atoms with Gasteiger partial charge in [-0.15, -0.1) is 0 Å². The second-order valence-corrected chi connectivity index (χ2v) is 4.04. The summed E-state index contributed by atoms with van der Waals surface area (Å²) in [5.74, 6) is 0. The number of rotatable bonds is 8. The molecule has 2 nitrogen and oxygen atoms in total. The van der Waals surface area contributed by atoms with Crippen LogP contribution in [0.5, 0.6) is 0 Å². The highest BCUT2D eigenvalue weighted by Crippen LogP contribution is 2.09. The van der Waals surface area contributed by atoms with E-state index in [1.54, 1.807) is 0 Å². The molecular formula is C11H24O2. The predicted molar refractivity (Wildman–Crippen MR) is 55.7 cm³/mol. The third-order valence-corrected chi connectivity index (χ3v) is 2.24. The molecule has 0 heterocycles. The van der Waals surface area contributed by atoms with Gasteiger partial charge >= 0.3 is 0 Å². The van der Waals surface area contributed by atoms with Crippen LogP contribution in [-0.4, -0.2) is 22.4 Å². The van der Waals surface area contributed by atoms with Crippen LogP contribution in [0.3, 0.4) is 0 Å². The first-order valence-electron chi connectivity index (χ1n) is 5.49. The molecule has 0 amide bonds. The zero-order valence-electron chi connectivity index (χ0n) is 9.00. The fraction of sp³-hybridized carbons (Fsp3) is 1.00. The van der Waals surface area contributed by atoms with Gasteiger partial charge in [0.2, 0.25) is 0 Å². The minimum absolute atomic E-state index is 0.141. The molecule has 0 aliphatic heterocycles. The van der Waals surface area contributed by atoms with E-state index in [1.165, 1.54) is 19.3 Å². The Morgan fingerprint density at radius 2 is 1.00 bits per heavy atom. The van der Waals surface area contributed by atoms with Gasteiger partial charge in [-0.1, -0.05) is 32.1 Å². The lowest BCUT2D eigenvalue weighted by Crippen LogP contribution is -1.99. The molecule has 0 aromatic carbocycles. The minimum Gasteiger partial charge on any atom is -0.393 e. The number of hydrogen-bond donors (Lipinski definition) is 2. The van der Waals surface area contributed by atoms with Crippen molar-refractivity contribution in [3.63, 3.8) is 0 Å². The normalized spacial score (nSPS) is 15.7. The van der Waals surface area contributed by atoms with Crippen LogP contribution in [0, 0.1) is 0 Å². The van der Waals surface area contributed by atoms with Crippen LogP contribution in [0.4, 0.5) is 0 Å². The van der Waals surface area contributed by atoms with Crippen molar-refractivity contribution >= 4 is 0 Å². The van der Waals surface area contributed by atoms with Crippen LogP contribution in [0.15, 0.2) is 0 Å². The summed E-state index contributed by atoms with van der Waals surface area (Å²) < 4.78 is 0. The summed E-state index contributed by atoms with van der Waals surface area (Å²) in [4.78, 5) is 0. The van der Waals surface area contributed by atoms with Gasteiger partial charge in [0.15, 0.2) is 0 Å². The van der Waals surface area contributed by atoms with Crippen molar-refractivity contribution in [3.8, 4) is 0 Å². The van der Waals surface area contributed by atoms with Gasteiger partial charge in [-0.2, -0.15) is 0 Å². The van der Waals surface area contributed by atoms with Crippen LogP contribution >= 0.6 is 0 Å². The SMILES string of the molecule is CC(O)CCCCCCCC(C)O. The Hall–Kier alpha value is -0.0800. The monoisotopic (exact) mass is 188 g/mol. The van der Waals surface area contributed by atoms with E-state index in [0.29, 0.717) is 0 Å². The molecule has 0 bridgehead atoms. The lowest BCUT2D eigenvalue weighted by Gasteiger charge is -2.05. The van der Waals surface area contributed by atoms with E-state index >= 15 is 0 Å². The molecule has 0 fully saturated rings. The number of aliphatic hydroxyl groups is 2. The molecule has 0 aromatic heterocycles. The van der Waals surface area contributed by atoms with E-state index in [9.17, 15) is 0 Å². The van der Waals surface area contributed by atoms with Gasteiger partial charge in [0.25, 0.3) is 0 Å². The summed E-state index contributed by atoms with van der Waals surface area (Å²) in [5.41, 5.74) is 0. The summed E-state index contributed by atoms with van der Waals surface area (Å²) >= 11 is 0. The standard InChI is InChI=1S/C11H24O2/c1-10(12)8-6-4-3-5-7-9-11(2)13/h10-13H,3-9H2,1-2H3. The van der Waals surface area contributed by atoms with Gasteiger partial charge < -0.3 is 10.2 Å². The molecule has 13 heavy (non-hydrogen) atoms. The Morgan fingerprint density at radius 3 is 1.31 bits per heavy atom. The lowest BCUT2D eigenvalue weighted by atomic mass is 10.1. The topological polar surface area (TPSA) is 40.5 Å². The molecular weight excluding hydrogens is 164 g/mol. The molecule has 2 atom stereocenters. The minimum atomic E-state index is -0.141. The molecule has 2 N–H and O–H groups in total. The van der Waals surface area contributed by atoms with E-state index in [2.05, 4.69) is 0 Å². The maximum absolute atomic E-state index is 8.99. The van der Waals surface area contributed by atoms with Crippen molar-refractivity contribution in [1.82, 2.24) is 0 Å². The molecule has 2 unspecified atom stereocenters. The third kappa shape index (κ3) is 11.9.